The van der Waals surface area contributed by atoms with Gasteiger partial charge in [-0.2, -0.15) is 0 Å². The topological polar surface area (TPSA) is 863 Å². The van der Waals surface area contributed by atoms with Crippen molar-refractivity contribution >= 4 is 138 Å². The van der Waals surface area contributed by atoms with E-state index in [1.165, 1.54) is 0 Å². The van der Waals surface area contributed by atoms with E-state index in [1.54, 1.807) is 0 Å². The second kappa shape index (κ2) is 126. The van der Waals surface area contributed by atoms with Crippen molar-refractivity contribution in [2.45, 2.75) is 0 Å². The number of hydrogen-bond acceptors (Lipinski definition) is 15. The smallest absolute Gasteiger partial charge is 1.00 e. The van der Waals surface area contributed by atoms with Crippen molar-refractivity contribution in [1.29, 1.82) is 0 Å². The summed E-state index contributed by atoms with van der Waals surface area (Å²) in [5.41, 5.74) is 0. The van der Waals surface area contributed by atoms with E-state index >= 15 is 0 Å². The Hall–Kier alpha value is 2.44. The standard InChI is InChI=1S/5K.15H2O3Si.5H/c;;;;;15*1-4(2)3;;;;;/h;;;;;15*1-2H;;;;;/q5*+1;;;;;;;;;;;;;;;;5*-1. The van der Waals surface area contributed by atoms with Crippen LogP contribution in [0.5, 0.6) is 0 Å². The third-order valence-corrected chi connectivity index (χ3v) is 0. The predicted octanol–water partition coefficient (Wildman–Crippen LogP) is -38.6. The molecule has 65 heteroatoms. The molecule has 0 amide bonds. The SMILES string of the molecule is O=[Si](O)O.O=[Si](O)O.O=[Si](O)O.O=[Si](O)O.O=[Si](O)O.O=[Si](O)O.O=[Si](O)O.O=[Si](O)O.O=[Si](O)O.O=[Si](O)O.O=[Si](O)O.O=[Si](O)O.O=[Si](O)O.O=[Si](O)O.O=[Si](O)O.[H-].[H-].[H-].[H-].[H-].[K+].[K+].[K+].[K+].[K+]. The third kappa shape index (κ3) is 46500. The molecule has 0 aromatic rings. The Balaban J connectivity index is -0.0000000133. The van der Waals surface area contributed by atoms with Gasteiger partial charge in [-0.3, -0.25) is 66.9 Å². The Morgan fingerprint density at radius 2 is 0.123 bits per heavy atom. The molecule has 65 heavy (non-hydrogen) atoms. The van der Waals surface area contributed by atoms with Gasteiger partial charge in [0.15, 0.2) is 0 Å². The maximum Gasteiger partial charge on any atom is 1.00 e. The van der Waals surface area contributed by atoms with Crippen LogP contribution in [0.3, 0.4) is 0 Å². The first-order chi connectivity index (χ1) is 26.0. The van der Waals surface area contributed by atoms with E-state index in [1.807, 2.05) is 0 Å². The van der Waals surface area contributed by atoms with Crippen LogP contribution in [0.15, 0.2) is 0 Å². The maximum atomic E-state index is 8.74. The minimum atomic E-state index is -3.13. The Labute approximate surface area is 599 Å². The molecule has 0 saturated carbocycles. The van der Waals surface area contributed by atoms with E-state index in [0.29, 0.717) is 0 Å². The fourth-order valence-corrected chi connectivity index (χ4v) is 0. The van der Waals surface area contributed by atoms with Crippen LogP contribution in [-0.4, -0.2) is 281 Å². The second-order valence-corrected chi connectivity index (χ2v) is 12.7. The minimum Gasteiger partial charge on any atom is -1.00 e. The monoisotopic (exact) mass is 1370 g/mol. The van der Waals surface area contributed by atoms with Crippen molar-refractivity contribution in [1.82, 2.24) is 0 Å². The largest absolute Gasteiger partial charge is 1.00 e. The van der Waals surface area contributed by atoms with Crippen molar-refractivity contribution in [3.8, 4) is 0 Å². The van der Waals surface area contributed by atoms with Crippen LogP contribution < -0.4 is 257 Å². The average molecular weight is 1370 g/mol. The zero-order chi connectivity index (χ0) is 53.7. The van der Waals surface area contributed by atoms with Crippen LogP contribution in [0, 0.1) is 0 Å². The molecule has 0 radical (unpaired) electrons. The van der Waals surface area contributed by atoms with Crippen molar-refractivity contribution in [3.05, 3.63) is 0 Å². The van der Waals surface area contributed by atoms with E-state index in [0.717, 1.165) is 0 Å². The zero-order valence-corrected chi connectivity index (χ0v) is 62.7. The van der Waals surface area contributed by atoms with Crippen molar-refractivity contribution in [3.63, 3.8) is 0 Å². The van der Waals surface area contributed by atoms with Crippen molar-refractivity contribution < 1.29 is 475 Å². The summed E-state index contributed by atoms with van der Waals surface area (Å²) in [4.78, 5) is 215. The van der Waals surface area contributed by atoms with Gasteiger partial charge in [0.05, 0.1) is 0 Å². The molecule has 0 aliphatic carbocycles. The van der Waals surface area contributed by atoms with Gasteiger partial charge in [0.25, 0.3) is 0 Å². The van der Waals surface area contributed by atoms with E-state index in [4.69, 9.17) is 211 Å². The molecule has 0 aliphatic heterocycles. The molecule has 30 N–H and O–H groups in total. The Morgan fingerprint density at radius 1 is 0.123 bits per heavy atom. The van der Waals surface area contributed by atoms with E-state index in [9.17, 15) is 0 Å². The number of hydrogen-bond donors (Lipinski definition) is 30. The molecule has 370 valence electrons. The molecule has 0 bridgehead atoms. The molecular formula is H35K5O45Si15. The van der Waals surface area contributed by atoms with Gasteiger partial charge in [0.1, 0.15) is 0 Å². The summed E-state index contributed by atoms with van der Waals surface area (Å²) in [5, 5.41) is 0. The van der Waals surface area contributed by atoms with Crippen molar-refractivity contribution in [2.75, 3.05) is 0 Å². The van der Waals surface area contributed by atoms with Gasteiger partial charge in [-0.1, -0.05) is 0 Å². The summed E-state index contributed by atoms with van der Waals surface area (Å²) >= 11 is 0. The molecule has 0 aromatic carbocycles. The Kier molecular flexibility index (Phi) is 257. The van der Waals surface area contributed by atoms with E-state index < -0.39 is 138 Å². The van der Waals surface area contributed by atoms with Crippen molar-refractivity contribution in [2.24, 2.45) is 0 Å². The maximum absolute atomic E-state index is 8.74. The van der Waals surface area contributed by atoms with Gasteiger partial charge in [-0.25, -0.2) is 0 Å². The summed E-state index contributed by atoms with van der Waals surface area (Å²) in [5.74, 6) is 0. The number of rotatable bonds is 0. The molecule has 0 heterocycles. The first-order valence-electron chi connectivity index (χ1n) is 9.77. The summed E-state index contributed by atoms with van der Waals surface area (Å²) in [6.45, 7) is 0. The fraction of sp³-hybridized carbons (Fsp3) is 0. The van der Waals surface area contributed by atoms with Gasteiger partial charge in [-0.05, 0) is 0 Å². The van der Waals surface area contributed by atoms with E-state index in [-0.39, 0.29) is 264 Å². The molecule has 0 aromatic heterocycles. The average Bonchev–Trinajstić information content (AvgIpc) is 2.78. The quantitative estimate of drug-likeness (QED) is 0.100. The van der Waals surface area contributed by atoms with Crippen LogP contribution in [-0.2, 0) is 66.9 Å². The molecule has 0 atom stereocenters. The molecule has 0 unspecified atom stereocenters. The van der Waals surface area contributed by atoms with Crippen LogP contribution in [0.4, 0.5) is 0 Å². The summed E-state index contributed by atoms with van der Waals surface area (Å²) in [7, 11) is -46.9. The van der Waals surface area contributed by atoms with Gasteiger partial charge in [0.2, 0.25) is 0 Å². The van der Waals surface area contributed by atoms with Crippen LogP contribution in [0.1, 0.15) is 7.13 Å². The molecular weight excluding hydrogens is 1340 g/mol. The van der Waals surface area contributed by atoms with Crippen LogP contribution in [0.2, 0.25) is 0 Å². The molecule has 0 aliphatic rings. The van der Waals surface area contributed by atoms with Gasteiger partial charge < -0.3 is 151 Å². The normalized spacial score (nSPS) is 5.54. The first-order valence-corrected chi connectivity index (χ1v) is 29.3. The minimum absolute atomic E-state index is 0. The fourth-order valence-electron chi connectivity index (χ4n) is 0. The summed E-state index contributed by atoms with van der Waals surface area (Å²) in [6, 6.07) is 0. The third-order valence-electron chi connectivity index (χ3n) is 0. The van der Waals surface area contributed by atoms with Gasteiger partial charge in [0, 0.05) is 0 Å². The molecule has 0 spiro atoms. The van der Waals surface area contributed by atoms with Crippen LogP contribution >= 0.6 is 0 Å². The first kappa shape index (κ1) is 132. The van der Waals surface area contributed by atoms with E-state index in [2.05, 4.69) is 0 Å². The van der Waals surface area contributed by atoms with Crippen LogP contribution in [0.25, 0.3) is 0 Å². The Bertz CT molecular complexity index is 797. The Morgan fingerprint density at radius 3 is 0.123 bits per heavy atom. The summed E-state index contributed by atoms with van der Waals surface area (Å²) in [6.07, 6.45) is 0. The second-order valence-electron chi connectivity index (χ2n) is 4.24. The molecule has 0 rings (SSSR count). The molecule has 45 nitrogen and oxygen atoms in total. The van der Waals surface area contributed by atoms with Gasteiger partial charge in [-0.15, -0.1) is 0 Å². The van der Waals surface area contributed by atoms with Gasteiger partial charge >= 0.3 is 394 Å². The zero-order valence-electron chi connectivity index (χ0n) is 37.0. The predicted molar refractivity (Wildman–Crippen MR) is 169 cm³/mol. The summed E-state index contributed by atoms with van der Waals surface area (Å²) < 4.78 is 131. The molecule has 0 saturated heterocycles. The molecule has 0 fully saturated rings.